The molecule has 0 heterocycles. The molecule has 118 valence electrons. The Morgan fingerprint density at radius 2 is 2.24 bits per heavy atom. The number of carbonyl (C=O) groups is 1. The molecule has 5 nitrogen and oxygen atoms in total. The summed E-state index contributed by atoms with van der Waals surface area (Å²) in [5, 5.41) is 6.18. The number of rotatable bonds is 8. The number of nitrogens with one attached hydrogen (secondary N) is 2. The molecule has 1 amide bonds. The lowest BCUT2D eigenvalue weighted by molar-refractivity contribution is -0.120. The molecule has 1 unspecified atom stereocenters. The summed E-state index contributed by atoms with van der Waals surface area (Å²) >= 11 is 0. The third-order valence-electron chi connectivity index (χ3n) is 3.54. The molecule has 0 aliphatic heterocycles. The van der Waals surface area contributed by atoms with Gasteiger partial charge in [-0.15, -0.1) is 0 Å². The third kappa shape index (κ3) is 6.47. The molecule has 0 saturated carbocycles. The fourth-order valence-electron chi connectivity index (χ4n) is 2.24. The molecule has 0 fully saturated rings. The molecular weight excluding hydrogens is 264 g/mol. The van der Waals surface area contributed by atoms with Gasteiger partial charge < -0.3 is 16.4 Å². The summed E-state index contributed by atoms with van der Waals surface area (Å²) in [7, 11) is 0. The van der Waals surface area contributed by atoms with Crippen LogP contribution in [-0.2, 0) is 4.79 Å². The fraction of sp³-hybridized carbons (Fsp3) is 0.625. The minimum Gasteiger partial charge on any atom is -0.403 e. The maximum absolute atomic E-state index is 11.1. The zero-order chi connectivity index (χ0) is 15.9. The first kappa shape index (κ1) is 17.3. The van der Waals surface area contributed by atoms with Gasteiger partial charge in [-0.05, 0) is 39.0 Å². The van der Waals surface area contributed by atoms with Gasteiger partial charge in [0.05, 0.1) is 5.70 Å². The van der Waals surface area contributed by atoms with Gasteiger partial charge in [-0.2, -0.15) is 0 Å². The largest absolute Gasteiger partial charge is 0.403 e. The zero-order valence-electron chi connectivity index (χ0n) is 13.6. The third-order valence-corrected chi connectivity index (χ3v) is 3.54. The highest BCUT2D eigenvalue weighted by molar-refractivity contribution is 5.78. The predicted octanol–water partition coefficient (Wildman–Crippen LogP) is 2.07. The Labute approximate surface area is 127 Å². The van der Waals surface area contributed by atoms with Crippen molar-refractivity contribution in [2.24, 2.45) is 16.6 Å². The first-order valence-electron chi connectivity index (χ1n) is 7.54. The van der Waals surface area contributed by atoms with Crippen LogP contribution in [0.15, 0.2) is 28.7 Å². The van der Waals surface area contributed by atoms with Gasteiger partial charge in [-0.1, -0.05) is 13.0 Å². The summed E-state index contributed by atoms with van der Waals surface area (Å²) in [6.45, 7) is 8.34. The molecule has 0 aromatic rings. The smallest absolute Gasteiger partial charge is 0.217 e. The number of nitrogens with zero attached hydrogens (tertiary/aromatic N) is 1. The first-order chi connectivity index (χ1) is 9.86. The van der Waals surface area contributed by atoms with Gasteiger partial charge >= 0.3 is 0 Å². The van der Waals surface area contributed by atoms with Crippen molar-refractivity contribution < 1.29 is 4.79 Å². The molecule has 1 rings (SSSR count). The fourth-order valence-corrected chi connectivity index (χ4v) is 2.24. The van der Waals surface area contributed by atoms with E-state index in [-0.39, 0.29) is 11.4 Å². The van der Waals surface area contributed by atoms with Crippen LogP contribution in [0.5, 0.6) is 0 Å². The first-order valence-corrected chi connectivity index (χ1v) is 7.54. The standard InChI is InChI=1S/C16H28N4O/c1-5-13-8-14(9-13)19-15(10-17)11-18-7-6-16(3,4)20-12(2)21/h8,10-11,13,19H,5-7,9,17H2,1-4H3,(H,20,21)/b15-10+,18-11?. The molecular formula is C16H28N4O. The molecule has 0 spiro atoms. The summed E-state index contributed by atoms with van der Waals surface area (Å²) in [4.78, 5) is 15.4. The van der Waals surface area contributed by atoms with E-state index in [2.05, 4.69) is 28.6 Å². The maximum Gasteiger partial charge on any atom is 0.217 e. The summed E-state index contributed by atoms with van der Waals surface area (Å²) in [6.07, 6.45) is 8.56. The van der Waals surface area contributed by atoms with Crippen molar-refractivity contribution in [3.8, 4) is 0 Å². The van der Waals surface area contributed by atoms with E-state index in [1.54, 1.807) is 6.21 Å². The predicted molar refractivity (Wildman–Crippen MR) is 87.8 cm³/mol. The monoisotopic (exact) mass is 292 g/mol. The molecule has 0 bridgehead atoms. The molecule has 0 radical (unpaired) electrons. The Morgan fingerprint density at radius 1 is 1.57 bits per heavy atom. The highest BCUT2D eigenvalue weighted by atomic mass is 16.1. The highest BCUT2D eigenvalue weighted by Gasteiger charge is 2.18. The highest BCUT2D eigenvalue weighted by Crippen LogP contribution is 2.26. The number of carbonyl (C=O) groups excluding carboxylic acids is 1. The van der Waals surface area contributed by atoms with E-state index >= 15 is 0 Å². The van der Waals surface area contributed by atoms with Crippen molar-refractivity contribution in [3.63, 3.8) is 0 Å². The number of amides is 1. The topological polar surface area (TPSA) is 79.5 Å². The quantitative estimate of drug-likeness (QED) is 0.599. The van der Waals surface area contributed by atoms with Gasteiger partial charge in [0.15, 0.2) is 0 Å². The normalized spacial score (nSPS) is 19.1. The maximum atomic E-state index is 11.1. The van der Waals surface area contributed by atoms with Crippen LogP contribution in [-0.4, -0.2) is 24.2 Å². The van der Waals surface area contributed by atoms with E-state index in [1.165, 1.54) is 25.2 Å². The van der Waals surface area contributed by atoms with E-state index in [0.717, 1.165) is 18.5 Å². The van der Waals surface area contributed by atoms with E-state index in [9.17, 15) is 4.79 Å². The van der Waals surface area contributed by atoms with E-state index in [0.29, 0.717) is 12.5 Å². The van der Waals surface area contributed by atoms with Crippen LogP contribution in [0.3, 0.4) is 0 Å². The van der Waals surface area contributed by atoms with Gasteiger partial charge in [0.25, 0.3) is 0 Å². The number of allylic oxidation sites excluding steroid dienone is 3. The van der Waals surface area contributed by atoms with Crippen LogP contribution >= 0.6 is 0 Å². The van der Waals surface area contributed by atoms with Crippen molar-refractivity contribution in [2.75, 3.05) is 6.54 Å². The average molecular weight is 292 g/mol. The SMILES string of the molecule is CCC1C=C(N/C(C=NCCC(C)(C)NC(C)=O)=C/N)C1. The molecule has 21 heavy (non-hydrogen) atoms. The lowest BCUT2D eigenvalue weighted by Gasteiger charge is -2.25. The molecule has 0 aromatic carbocycles. The van der Waals surface area contributed by atoms with Crippen molar-refractivity contribution in [3.05, 3.63) is 23.7 Å². The second kappa shape index (κ2) is 7.86. The summed E-state index contributed by atoms with van der Waals surface area (Å²) in [5.74, 6) is 0.678. The minimum atomic E-state index is -0.242. The van der Waals surface area contributed by atoms with Crippen LogP contribution in [0.1, 0.15) is 47.0 Å². The Kier molecular flexibility index (Phi) is 6.46. The molecule has 4 N–H and O–H groups in total. The van der Waals surface area contributed by atoms with Crippen LogP contribution in [0.25, 0.3) is 0 Å². The van der Waals surface area contributed by atoms with Crippen molar-refractivity contribution in [1.29, 1.82) is 0 Å². The van der Waals surface area contributed by atoms with Gasteiger partial charge in [0.1, 0.15) is 0 Å². The van der Waals surface area contributed by atoms with Gasteiger partial charge in [-0.3, -0.25) is 9.79 Å². The second-order valence-electron chi connectivity index (χ2n) is 6.16. The molecule has 1 aliphatic carbocycles. The summed E-state index contributed by atoms with van der Waals surface area (Å²) in [6, 6.07) is 0. The molecule has 5 heteroatoms. The Bertz CT molecular complexity index is 449. The number of aliphatic imine (C=N–C) groups is 1. The summed E-state index contributed by atoms with van der Waals surface area (Å²) < 4.78 is 0. The van der Waals surface area contributed by atoms with Crippen molar-refractivity contribution in [1.82, 2.24) is 10.6 Å². The van der Waals surface area contributed by atoms with E-state index in [4.69, 9.17) is 5.73 Å². The number of hydrogen-bond acceptors (Lipinski definition) is 4. The molecule has 0 aromatic heterocycles. The number of hydrogen-bond donors (Lipinski definition) is 3. The van der Waals surface area contributed by atoms with Crippen molar-refractivity contribution in [2.45, 2.75) is 52.5 Å². The average Bonchev–Trinajstić information content (AvgIpc) is 2.33. The van der Waals surface area contributed by atoms with E-state index in [1.807, 2.05) is 13.8 Å². The van der Waals surface area contributed by atoms with E-state index < -0.39 is 0 Å². The van der Waals surface area contributed by atoms with Gasteiger partial charge in [-0.25, -0.2) is 0 Å². The van der Waals surface area contributed by atoms with Gasteiger partial charge in [0.2, 0.25) is 5.91 Å². The summed E-state index contributed by atoms with van der Waals surface area (Å²) in [5.41, 5.74) is 7.38. The number of nitrogens with two attached hydrogens (primary N) is 1. The van der Waals surface area contributed by atoms with Crippen molar-refractivity contribution >= 4 is 12.1 Å². The lowest BCUT2D eigenvalue weighted by atomic mass is 9.89. The molecule has 0 saturated heterocycles. The Hall–Kier alpha value is -1.78. The lowest BCUT2D eigenvalue weighted by Crippen LogP contribution is -2.42. The van der Waals surface area contributed by atoms with Gasteiger partial charge in [0, 0.05) is 37.1 Å². The van der Waals surface area contributed by atoms with Crippen LogP contribution in [0, 0.1) is 5.92 Å². The minimum absolute atomic E-state index is 0.0180. The molecule has 1 aliphatic rings. The van der Waals surface area contributed by atoms with Crippen LogP contribution < -0.4 is 16.4 Å². The van der Waals surface area contributed by atoms with Crippen LogP contribution in [0.2, 0.25) is 0 Å². The Balaban J connectivity index is 2.36. The molecule has 1 atom stereocenters. The Morgan fingerprint density at radius 3 is 2.76 bits per heavy atom. The zero-order valence-corrected chi connectivity index (χ0v) is 13.6. The second-order valence-corrected chi connectivity index (χ2v) is 6.16. The van der Waals surface area contributed by atoms with Crippen LogP contribution in [0.4, 0.5) is 0 Å².